The zero-order valence-corrected chi connectivity index (χ0v) is 19.2. The molecule has 3 N–H and O–H groups in total. The van der Waals surface area contributed by atoms with Gasteiger partial charge in [0.1, 0.15) is 5.76 Å². The van der Waals surface area contributed by atoms with Gasteiger partial charge in [-0.15, -0.1) is 11.8 Å². The van der Waals surface area contributed by atoms with Crippen molar-refractivity contribution in [3.8, 4) is 0 Å². The van der Waals surface area contributed by atoms with Crippen LogP contribution in [0.1, 0.15) is 33.4 Å². The number of nitrogens with one attached hydrogen (secondary N) is 2. The van der Waals surface area contributed by atoms with Gasteiger partial charge in [-0.1, -0.05) is 35.5 Å². The van der Waals surface area contributed by atoms with E-state index in [-0.39, 0.29) is 17.0 Å². The number of nitrogens with zero attached hydrogens (tertiary/aromatic N) is 1. The number of aromatic carboxylic acids is 1. The fourth-order valence-corrected chi connectivity index (χ4v) is 4.39. The lowest BCUT2D eigenvalue weighted by atomic mass is 9.98. The fourth-order valence-electron chi connectivity index (χ4n) is 3.46. The van der Waals surface area contributed by atoms with Crippen LogP contribution in [0.15, 0.2) is 76.1 Å². The number of carbonyl (C=O) groups excluding carboxylic acids is 2. The zero-order chi connectivity index (χ0) is 24.2. The molecule has 0 saturated carbocycles. The molecular weight excluding hydrogens is 454 g/mol. The summed E-state index contributed by atoms with van der Waals surface area (Å²) in [5.74, 6) is -0.803. The summed E-state index contributed by atoms with van der Waals surface area (Å²) < 4.78 is 4.96. The van der Waals surface area contributed by atoms with E-state index >= 15 is 0 Å². The number of rotatable bonds is 7. The standard InChI is InChI=1S/C25H21N3O5S/c1-14-12-21(28-33-14)27-23(29)15(2)34-18-9-5-8-17(13-18)26-24(30)19-10-3-6-16-7-4-11-20(22(16)19)25(31)32/h3-13,15H,1-2H3,(H,26,30)(H,31,32)(H,27,28,29). The van der Waals surface area contributed by atoms with E-state index in [4.69, 9.17) is 4.52 Å². The molecule has 9 heteroatoms. The molecular formula is C25H21N3O5S. The van der Waals surface area contributed by atoms with Crippen molar-refractivity contribution in [2.45, 2.75) is 24.0 Å². The predicted octanol–water partition coefficient (Wildman–Crippen LogP) is 5.21. The molecule has 172 valence electrons. The average molecular weight is 476 g/mol. The number of aryl methyl sites for hydroxylation is 1. The highest BCUT2D eigenvalue weighted by molar-refractivity contribution is 8.00. The number of benzene rings is 3. The summed E-state index contributed by atoms with van der Waals surface area (Å²) in [6, 6.07) is 18.7. The normalized spacial score (nSPS) is 11.7. The van der Waals surface area contributed by atoms with Gasteiger partial charge in [-0.25, -0.2) is 4.79 Å². The fraction of sp³-hybridized carbons (Fsp3) is 0.120. The first-order valence-electron chi connectivity index (χ1n) is 10.4. The van der Waals surface area contributed by atoms with Crippen LogP contribution in [0.2, 0.25) is 0 Å². The predicted molar refractivity (Wildman–Crippen MR) is 130 cm³/mol. The van der Waals surface area contributed by atoms with Crippen LogP contribution >= 0.6 is 11.8 Å². The second kappa shape index (κ2) is 9.80. The van der Waals surface area contributed by atoms with E-state index in [1.165, 1.54) is 17.8 Å². The van der Waals surface area contributed by atoms with E-state index in [9.17, 15) is 19.5 Å². The number of carboxylic acids is 1. The summed E-state index contributed by atoms with van der Waals surface area (Å²) in [4.78, 5) is 38.0. The molecule has 0 aliphatic carbocycles. The minimum atomic E-state index is -1.10. The molecule has 0 saturated heterocycles. The summed E-state index contributed by atoms with van der Waals surface area (Å²) >= 11 is 1.32. The van der Waals surface area contributed by atoms with Crippen molar-refractivity contribution in [1.29, 1.82) is 0 Å². The van der Waals surface area contributed by atoms with E-state index in [0.717, 1.165) is 4.90 Å². The van der Waals surface area contributed by atoms with Gasteiger partial charge in [0, 0.05) is 27.6 Å². The molecule has 4 rings (SSSR count). The van der Waals surface area contributed by atoms with Crippen LogP contribution in [0, 0.1) is 6.92 Å². The van der Waals surface area contributed by atoms with E-state index in [0.29, 0.717) is 28.0 Å². The van der Waals surface area contributed by atoms with Gasteiger partial charge in [0.15, 0.2) is 5.82 Å². The number of thioether (sulfide) groups is 1. The Morgan fingerprint density at radius 3 is 2.35 bits per heavy atom. The average Bonchev–Trinajstić information content (AvgIpc) is 3.22. The SMILES string of the molecule is Cc1cc(NC(=O)C(C)Sc2cccc(NC(=O)c3cccc4cccc(C(=O)O)c34)c2)no1. The van der Waals surface area contributed by atoms with Gasteiger partial charge >= 0.3 is 5.97 Å². The number of fused-ring (bicyclic) bond motifs is 1. The highest BCUT2D eigenvalue weighted by Gasteiger charge is 2.18. The molecule has 3 aromatic carbocycles. The minimum Gasteiger partial charge on any atom is -0.478 e. The quantitative estimate of drug-likeness (QED) is 0.314. The van der Waals surface area contributed by atoms with Crippen molar-refractivity contribution >= 4 is 51.8 Å². The van der Waals surface area contributed by atoms with E-state index in [2.05, 4.69) is 15.8 Å². The number of hydrogen-bond acceptors (Lipinski definition) is 6. The Bertz CT molecular complexity index is 1390. The Kier molecular flexibility index (Phi) is 6.65. The second-order valence-corrected chi connectivity index (χ2v) is 8.98. The Balaban J connectivity index is 1.50. The van der Waals surface area contributed by atoms with Gasteiger partial charge in [-0.05, 0) is 49.6 Å². The number of amides is 2. The third-order valence-electron chi connectivity index (χ3n) is 5.03. The maximum atomic E-state index is 13.1. The van der Waals surface area contributed by atoms with Crippen LogP contribution in [0.3, 0.4) is 0 Å². The highest BCUT2D eigenvalue weighted by atomic mass is 32.2. The third kappa shape index (κ3) is 5.10. The topological polar surface area (TPSA) is 122 Å². The first-order valence-corrected chi connectivity index (χ1v) is 11.3. The summed E-state index contributed by atoms with van der Waals surface area (Å²) in [5, 5.41) is 19.5. The monoisotopic (exact) mass is 475 g/mol. The lowest BCUT2D eigenvalue weighted by Gasteiger charge is -2.13. The van der Waals surface area contributed by atoms with Gasteiger partial charge in [-0.2, -0.15) is 0 Å². The largest absolute Gasteiger partial charge is 0.478 e. The first-order chi connectivity index (χ1) is 16.3. The molecule has 0 spiro atoms. The van der Waals surface area contributed by atoms with Gasteiger partial charge in [0.2, 0.25) is 5.91 Å². The molecule has 0 aliphatic heterocycles. The maximum Gasteiger partial charge on any atom is 0.336 e. The Labute approximate surface area is 199 Å². The van der Waals surface area contributed by atoms with Crippen molar-refractivity contribution < 1.29 is 24.0 Å². The van der Waals surface area contributed by atoms with Crippen LogP contribution in [0.4, 0.5) is 11.5 Å². The Morgan fingerprint density at radius 2 is 1.68 bits per heavy atom. The molecule has 1 heterocycles. The van der Waals surface area contributed by atoms with Crippen LogP contribution < -0.4 is 10.6 Å². The summed E-state index contributed by atoms with van der Waals surface area (Å²) in [5.41, 5.74) is 0.860. The number of carboxylic acid groups (broad SMARTS) is 1. The maximum absolute atomic E-state index is 13.1. The highest BCUT2D eigenvalue weighted by Crippen LogP contribution is 2.28. The number of hydrogen-bond donors (Lipinski definition) is 3. The van der Waals surface area contributed by atoms with E-state index < -0.39 is 17.1 Å². The van der Waals surface area contributed by atoms with Gasteiger partial charge in [0.05, 0.1) is 10.8 Å². The molecule has 0 fully saturated rings. The molecule has 8 nitrogen and oxygen atoms in total. The Morgan fingerprint density at radius 1 is 0.971 bits per heavy atom. The molecule has 4 aromatic rings. The minimum absolute atomic E-state index is 0.0645. The lowest BCUT2D eigenvalue weighted by molar-refractivity contribution is -0.115. The van der Waals surface area contributed by atoms with Crippen molar-refractivity contribution in [1.82, 2.24) is 5.16 Å². The molecule has 1 unspecified atom stereocenters. The Hall–Kier alpha value is -4.11. The van der Waals surface area contributed by atoms with Crippen LogP contribution in [-0.4, -0.2) is 33.3 Å². The molecule has 0 radical (unpaired) electrons. The third-order valence-corrected chi connectivity index (χ3v) is 6.13. The molecule has 2 amide bonds. The van der Waals surface area contributed by atoms with Crippen LogP contribution in [-0.2, 0) is 4.79 Å². The van der Waals surface area contributed by atoms with E-state index in [1.807, 2.05) is 6.07 Å². The number of aromatic nitrogens is 1. The van der Waals surface area contributed by atoms with Gasteiger partial charge in [0.25, 0.3) is 5.91 Å². The molecule has 1 atom stereocenters. The molecule has 34 heavy (non-hydrogen) atoms. The molecule has 1 aromatic heterocycles. The van der Waals surface area contributed by atoms with Crippen LogP contribution in [0.5, 0.6) is 0 Å². The first kappa shape index (κ1) is 23.1. The summed E-state index contributed by atoms with van der Waals surface area (Å²) in [7, 11) is 0. The lowest BCUT2D eigenvalue weighted by Crippen LogP contribution is -2.22. The zero-order valence-electron chi connectivity index (χ0n) is 18.4. The van der Waals surface area contributed by atoms with Crippen LogP contribution in [0.25, 0.3) is 10.8 Å². The van der Waals surface area contributed by atoms with Crippen molar-refractivity contribution in [2.24, 2.45) is 0 Å². The smallest absolute Gasteiger partial charge is 0.336 e. The second-order valence-electron chi connectivity index (χ2n) is 7.57. The number of anilines is 2. The number of carbonyl (C=O) groups is 3. The molecule has 0 bridgehead atoms. The van der Waals surface area contributed by atoms with Crippen molar-refractivity contribution in [3.05, 3.63) is 83.6 Å². The van der Waals surface area contributed by atoms with Crippen molar-refractivity contribution in [2.75, 3.05) is 10.6 Å². The molecule has 0 aliphatic rings. The van der Waals surface area contributed by atoms with Gasteiger partial charge < -0.3 is 20.3 Å². The van der Waals surface area contributed by atoms with Crippen molar-refractivity contribution in [3.63, 3.8) is 0 Å². The summed E-state index contributed by atoms with van der Waals surface area (Å²) in [6.07, 6.45) is 0. The van der Waals surface area contributed by atoms with Gasteiger partial charge in [-0.3, -0.25) is 9.59 Å². The summed E-state index contributed by atoms with van der Waals surface area (Å²) in [6.45, 7) is 3.50. The van der Waals surface area contributed by atoms with E-state index in [1.54, 1.807) is 68.4 Å².